The minimum atomic E-state index is -4.34. The monoisotopic (exact) mass is 214 g/mol. The van der Waals surface area contributed by atoms with Gasteiger partial charge in [0.05, 0.1) is 20.7 Å². The molecule has 13 heavy (non-hydrogen) atoms. The molecule has 0 rings (SSSR count). The topological polar surface area (TPSA) is 87.0 Å². The molecule has 0 bridgehead atoms. The van der Waals surface area contributed by atoms with Crippen LogP contribution in [0.25, 0.3) is 0 Å². The summed E-state index contributed by atoms with van der Waals surface area (Å²) in [4.78, 5) is 16.8. The van der Waals surface area contributed by atoms with Gasteiger partial charge in [-0.1, -0.05) is 0 Å². The Bertz CT molecular complexity index is 189. The van der Waals surface area contributed by atoms with Crippen molar-refractivity contribution in [1.82, 2.24) is 0 Å². The first-order valence-corrected chi connectivity index (χ1v) is 5.43. The highest BCUT2D eigenvalue weighted by molar-refractivity contribution is 7.46. The molecule has 3 N–H and O–H groups in total. The Labute approximate surface area is 77.6 Å². The summed E-state index contributed by atoms with van der Waals surface area (Å²) in [5.41, 5.74) is 0. The van der Waals surface area contributed by atoms with Gasteiger partial charge >= 0.3 is 7.82 Å². The second kappa shape index (κ2) is 5.05. The van der Waals surface area contributed by atoms with Gasteiger partial charge in [0.2, 0.25) is 0 Å². The molecule has 80 valence electrons. The van der Waals surface area contributed by atoms with Gasteiger partial charge in [-0.3, -0.25) is 4.52 Å². The number of phosphoric acid groups is 1. The van der Waals surface area contributed by atoms with Crippen LogP contribution in [0.4, 0.5) is 0 Å². The number of nitrogens with zero attached hydrogens (tertiary/aromatic N) is 1. The van der Waals surface area contributed by atoms with E-state index in [2.05, 4.69) is 4.52 Å². The normalized spacial score (nSPS) is 13.3. The first kappa shape index (κ1) is 13.0. The first-order chi connectivity index (χ1) is 5.77. The van der Waals surface area contributed by atoms with Crippen LogP contribution < -0.4 is 0 Å². The van der Waals surface area contributed by atoms with Gasteiger partial charge in [0.25, 0.3) is 0 Å². The second-order valence-corrected chi connectivity index (χ2v) is 4.67. The summed E-state index contributed by atoms with van der Waals surface area (Å²) in [6.07, 6.45) is 0. The minimum Gasteiger partial charge on any atom is -0.391 e. The standard InChI is InChI=1S/C6H16NO5P/c1-7(2,3-5-8)4-6-12-13(9,10)11/h8H,3-6H2,1-2H3,(H-,9,10,11)/p+1. The van der Waals surface area contributed by atoms with Crippen molar-refractivity contribution in [1.29, 1.82) is 0 Å². The Kier molecular flexibility index (Phi) is 5.06. The number of hydrogen-bond acceptors (Lipinski definition) is 3. The third kappa shape index (κ3) is 8.36. The maximum atomic E-state index is 10.3. The van der Waals surface area contributed by atoms with Crippen LogP contribution in [0.1, 0.15) is 0 Å². The number of likely N-dealkylation sites (N-methyl/N-ethyl adjacent to an activating group) is 1. The fourth-order valence-corrected chi connectivity index (χ4v) is 1.11. The first-order valence-electron chi connectivity index (χ1n) is 3.90. The summed E-state index contributed by atoms with van der Waals surface area (Å²) < 4.78 is 15.0. The molecule has 0 saturated carbocycles. The molecule has 0 aliphatic heterocycles. The van der Waals surface area contributed by atoms with Gasteiger partial charge in [-0.15, -0.1) is 0 Å². The van der Waals surface area contributed by atoms with E-state index in [0.29, 0.717) is 17.6 Å². The number of quaternary nitrogens is 1. The van der Waals surface area contributed by atoms with Crippen LogP contribution in [-0.4, -0.2) is 59.8 Å². The van der Waals surface area contributed by atoms with Crippen molar-refractivity contribution in [3.05, 3.63) is 0 Å². The molecule has 6 nitrogen and oxygen atoms in total. The van der Waals surface area contributed by atoms with Crippen LogP contribution >= 0.6 is 7.82 Å². The summed E-state index contributed by atoms with van der Waals surface area (Å²) in [5, 5.41) is 8.65. The average Bonchev–Trinajstić information content (AvgIpc) is 1.82. The average molecular weight is 214 g/mol. The summed E-state index contributed by atoms with van der Waals surface area (Å²) in [7, 11) is -0.650. The summed E-state index contributed by atoms with van der Waals surface area (Å²) in [6, 6.07) is 0. The van der Waals surface area contributed by atoms with Gasteiger partial charge in [0.15, 0.2) is 0 Å². The van der Waals surface area contributed by atoms with E-state index in [-0.39, 0.29) is 13.2 Å². The third-order valence-electron chi connectivity index (χ3n) is 1.66. The quantitative estimate of drug-likeness (QED) is 0.396. The van der Waals surface area contributed by atoms with E-state index >= 15 is 0 Å². The molecule has 0 unspecified atom stereocenters. The van der Waals surface area contributed by atoms with Gasteiger partial charge < -0.3 is 19.4 Å². The maximum Gasteiger partial charge on any atom is 0.469 e. The van der Waals surface area contributed by atoms with Crippen molar-refractivity contribution < 1.29 is 28.5 Å². The SMILES string of the molecule is C[N+](C)(CCO)CCOP(=O)(O)O. The highest BCUT2D eigenvalue weighted by Gasteiger charge is 2.18. The Balaban J connectivity index is 3.69. The zero-order valence-corrected chi connectivity index (χ0v) is 8.78. The van der Waals surface area contributed by atoms with Crippen LogP contribution in [0.3, 0.4) is 0 Å². The molecule has 0 heterocycles. The van der Waals surface area contributed by atoms with Crippen molar-refractivity contribution in [3.63, 3.8) is 0 Å². The fourth-order valence-electron chi connectivity index (χ4n) is 0.789. The zero-order chi connectivity index (χ0) is 10.5. The fraction of sp³-hybridized carbons (Fsp3) is 1.00. The van der Waals surface area contributed by atoms with Gasteiger partial charge in [-0.2, -0.15) is 0 Å². The Morgan fingerprint density at radius 2 is 1.85 bits per heavy atom. The number of hydrogen-bond donors (Lipinski definition) is 3. The molecule has 0 aromatic heterocycles. The number of aliphatic hydroxyl groups excluding tert-OH is 1. The molecule has 7 heteroatoms. The van der Waals surface area contributed by atoms with Crippen LogP contribution in [0, 0.1) is 0 Å². The largest absolute Gasteiger partial charge is 0.469 e. The van der Waals surface area contributed by atoms with Crippen molar-refractivity contribution in [3.8, 4) is 0 Å². The molecule has 0 fully saturated rings. The Hall–Kier alpha value is 0.0300. The van der Waals surface area contributed by atoms with Crippen LogP contribution in [-0.2, 0) is 9.09 Å². The predicted molar refractivity (Wildman–Crippen MR) is 46.9 cm³/mol. The molecule has 0 saturated heterocycles. The highest BCUT2D eigenvalue weighted by Crippen LogP contribution is 2.35. The maximum absolute atomic E-state index is 10.3. The number of aliphatic hydroxyl groups is 1. The number of phosphoric ester groups is 1. The predicted octanol–water partition coefficient (Wildman–Crippen LogP) is -0.836. The molecular weight excluding hydrogens is 197 g/mol. The van der Waals surface area contributed by atoms with Gasteiger partial charge in [-0.05, 0) is 0 Å². The lowest BCUT2D eigenvalue weighted by molar-refractivity contribution is -0.890. The molecule has 0 atom stereocenters. The smallest absolute Gasteiger partial charge is 0.391 e. The lowest BCUT2D eigenvalue weighted by Crippen LogP contribution is -2.44. The lowest BCUT2D eigenvalue weighted by atomic mass is 10.4. The molecule has 0 aromatic carbocycles. The van der Waals surface area contributed by atoms with Gasteiger partial charge in [0.1, 0.15) is 19.7 Å². The molecule has 0 aromatic rings. The van der Waals surface area contributed by atoms with E-state index in [1.54, 1.807) is 0 Å². The van der Waals surface area contributed by atoms with Crippen LogP contribution in [0.5, 0.6) is 0 Å². The summed E-state index contributed by atoms with van der Waals surface area (Å²) in [5.74, 6) is 0. The summed E-state index contributed by atoms with van der Waals surface area (Å²) in [6.45, 7) is 1.01. The van der Waals surface area contributed by atoms with E-state index in [9.17, 15) is 4.57 Å². The van der Waals surface area contributed by atoms with Crippen molar-refractivity contribution in [2.24, 2.45) is 0 Å². The number of rotatable bonds is 6. The minimum absolute atomic E-state index is 0.0166. The van der Waals surface area contributed by atoms with Crippen molar-refractivity contribution >= 4 is 7.82 Å². The van der Waals surface area contributed by atoms with E-state index in [1.807, 2.05) is 14.1 Å². The Morgan fingerprint density at radius 3 is 2.23 bits per heavy atom. The van der Waals surface area contributed by atoms with E-state index in [0.717, 1.165) is 0 Å². The van der Waals surface area contributed by atoms with E-state index in [1.165, 1.54) is 0 Å². The van der Waals surface area contributed by atoms with Crippen molar-refractivity contribution in [2.75, 3.05) is 40.4 Å². The Morgan fingerprint density at radius 1 is 1.31 bits per heavy atom. The van der Waals surface area contributed by atoms with E-state index < -0.39 is 7.82 Å². The molecule has 0 spiro atoms. The molecule has 0 aliphatic carbocycles. The van der Waals surface area contributed by atoms with Crippen LogP contribution in [0.15, 0.2) is 0 Å². The van der Waals surface area contributed by atoms with Crippen molar-refractivity contribution in [2.45, 2.75) is 0 Å². The molecule has 0 amide bonds. The van der Waals surface area contributed by atoms with Crippen LogP contribution in [0.2, 0.25) is 0 Å². The second-order valence-electron chi connectivity index (χ2n) is 3.43. The van der Waals surface area contributed by atoms with Gasteiger partial charge in [-0.25, -0.2) is 4.57 Å². The third-order valence-corrected chi connectivity index (χ3v) is 2.18. The molecule has 0 aliphatic rings. The van der Waals surface area contributed by atoms with E-state index in [4.69, 9.17) is 14.9 Å². The van der Waals surface area contributed by atoms with Gasteiger partial charge in [0, 0.05) is 0 Å². The molecule has 0 radical (unpaired) electrons. The highest BCUT2D eigenvalue weighted by atomic mass is 31.2. The molecular formula is C6H17NO5P+. The summed E-state index contributed by atoms with van der Waals surface area (Å²) >= 11 is 0. The zero-order valence-electron chi connectivity index (χ0n) is 7.88. The lowest BCUT2D eigenvalue weighted by Gasteiger charge is -2.28.